The number of urea groups is 1. The molecule has 0 aliphatic carbocycles. The van der Waals surface area contributed by atoms with Crippen molar-refractivity contribution in [1.29, 1.82) is 0 Å². The number of nitrogens with one attached hydrogen (secondary N) is 2. The van der Waals surface area contributed by atoms with Crippen molar-refractivity contribution in [1.82, 2.24) is 20.1 Å². The van der Waals surface area contributed by atoms with E-state index in [9.17, 15) is 9.59 Å². The average Bonchev–Trinajstić information content (AvgIpc) is 3.01. The van der Waals surface area contributed by atoms with Gasteiger partial charge in [-0.2, -0.15) is 0 Å². The molecule has 2 atom stereocenters. The number of carbonyl (C=O) groups is 2. The standard InChI is InChI=1S/C19H25ClN4O2/c1-12-4-6-17(11-24(12)13(2)25)23(3)19(26)21-10-16-9-14-8-15(20)5-7-18(14)22-16/h5,7-9,12,17,22H,4,6,10-11H2,1-3H3,(H,21,26)/t12-,17+/m0/s1. The van der Waals surface area contributed by atoms with E-state index in [1.54, 1.807) is 18.9 Å². The third-order valence-corrected chi connectivity index (χ3v) is 5.43. The van der Waals surface area contributed by atoms with Crippen molar-refractivity contribution < 1.29 is 9.59 Å². The molecule has 3 amide bonds. The number of nitrogens with zero attached hydrogens (tertiary/aromatic N) is 2. The van der Waals surface area contributed by atoms with Crippen molar-refractivity contribution in [3.63, 3.8) is 0 Å². The minimum atomic E-state index is -0.134. The third-order valence-electron chi connectivity index (χ3n) is 5.20. The second-order valence-corrected chi connectivity index (χ2v) is 7.48. The van der Waals surface area contributed by atoms with E-state index in [0.29, 0.717) is 18.1 Å². The molecule has 0 bridgehead atoms. The normalized spacial score (nSPS) is 20.2. The average molecular weight is 377 g/mol. The Labute approximate surface area is 158 Å². The van der Waals surface area contributed by atoms with E-state index in [1.165, 1.54) is 0 Å². The quantitative estimate of drug-likeness (QED) is 0.862. The molecule has 1 aromatic carbocycles. The Hall–Kier alpha value is -2.21. The SMILES string of the molecule is CC(=O)N1C[C@H](N(C)C(=O)NCc2cc3cc(Cl)ccc3[nH]2)CC[C@@H]1C. The van der Waals surface area contributed by atoms with Crippen LogP contribution < -0.4 is 5.32 Å². The molecule has 3 rings (SSSR count). The molecule has 1 aliphatic rings. The lowest BCUT2D eigenvalue weighted by molar-refractivity contribution is -0.133. The second-order valence-electron chi connectivity index (χ2n) is 7.05. The first-order valence-electron chi connectivity index (χ1n) is 8.90. The number of carbonyl (C=O) groups excluding carboxylic acids is 2. The van der Waals surface area contributed by atoms with Crippen LogP contribution in [0.2, 0.25) is 5.02 Å². The van der Waals surface area contributed by atoms with Gasteiger partial charge in [-0.3, -0.25) is 4.79 Å². The van der Waals surface area contributed by atoms with E-state index < -0.39 is 0 Å². The number of benzene rings is 1. The molecule has 7 heteroatoms. The van der Waals surface area contributed by atoms with Gasteiger partial charge < -0.3 is 20.1 Å². The van der Waals surface area contributed by atoms with Crippen molar-refractivity contribution in [3.05, 3.63) is 35.0 Å². The Morgan fingerprint density at radius 1 is 1.35 bits per heavy atom. The molecule has 2 heterocycles. The van der Waals surface area contributed by atoms with Crippen LogP contribution in [0.5, 0.6) is 0 Å². The van der Waals surface area contributed by atoms with Gasteiger partial charge in [0.1, 0.15) is 0 Å². The molecular formula is C19H25ClN4O2. The molecule has 2 N–H and O–H groups in total. The maximum Gasteiger partial charge on any atom is 0.317 e. The molecule has 0 spiro atoms. The van der Waals surface area contributed by atoms with E-state index in [1.807, 2.05) is 29.2 Å². The van der Waals surface area contributed by atoms with Crippen LogP contribution in [0.25, 0.3) is 10.9 Å². The van der Waals surface area contributed by atoms with Crippen molar-refractivity contribution in [2.45, 2.75) is 45.3 Å². The van der Waals surface area contributed by atoms with E-state index in [4.69, 9.17) is 11.6 Å². The lowest BCUT2D eigenvalue weighted by Gasteiger charge is -2.41. The zero-order valence-corrected chi connectivity index (χ0v) is 16.1. The summed E-state index contributed by atoms with van der Waals surface area (Å²) < 4.78 is 0. The van der Waals surface area contributed by atoms with Gasteiger partial charge in [0, 0.05) is 48.2 Å². The van der Waals surface area contributed by atoms with E-state index >= 15 is 0 Å². The summed E-state index contributed by atoms with van der Waals surface area (Å²) in [5.41, 5.74) is 1.91. The van der Waals surface area contributed by atoms with Crippen LogP contribution in [-0.4, -0.2) is 52.4 Å². The fourth-order valence-electron chi connectivity index (χ4n) is 3.56. The Morgan fingerprint density at radius 3 is 2.85 bits per heavy atom. The Kier molecular flexibility index (Phi) is 5.41. The van der Waals surface area contributed by atoms with Crippen molar-refractivity contribution >= 4 is 34.4 Å². The van der Waals surface area contributed by atoms with Crippen molar-refractivity contribution in [2.75, 3.05) is 13.6 Å². The number of likely N-dealkylation sites (N-methyl/N-ethyl adjacent to an activating group) is 1. The van der Waals surface area contributed by atoms with Gasteiger partial charge in [0.05, 0.1) is 12.6 Å². The Balaban J connectivity index is 1.59. The summed E-state index contributed by atoms with van der Waals surface area (Å²) >= 11 is 6.01. The largest absolute Gasteiger partial charge is 0.357 e. The van der Waals surface area contributed by atoms with E-state index in [2.05, 4.69) is 17.2 Å². The maximum atomic E-state index is 12.5. The number of aromatic nitrogens is 1. The summed E-state index contributed by atoms with van der Waals surface area (Å²) in [5, 5.41) is 4.66. The molecule has 0 radical (unpaired) electrons. The zero-order valence-electron chi connectivity index (χ0n) is 15.4. The lowest BCUT2D eigenvalue weighted by atomic mass is 9.98. The second kappa shape index (κ2) is 7.58. The smallest absolute Gasteiger partial charge is 0.317 e. The molecule has 140 valence electrons. The van der Waals surface area contributed by atoms with Crippen LogP contribution in [0, 0.1) is 0 Å². The topological polar surface area (TPSA) is 68.4 Å². The van der Waals surface area contributed by atoms with Gasteiger partial charge >= 0.3 is 6.03 Å². The van der Waals surface area contributed by atoms with Gasteiger partial charge in [0.25, 0.3) is 0 Å². The molecule has 6 nitrogen and oxygen atoms in total. The van der Waals surface area contributed by atoms with Gasteiger partial charge in [-0.05, 0) is 44.0 Å². The van der Waals surface area contributed by atoms with Crippen LogP contribution in [-0.2, 0) is 11.3 Å². The highest BCUT2D eigenvalue weighted by Crippen LogP contribution is 2.21. The number of halogens is 1. The predicted octanol–water partition coefficient (Wildman–Crippen LogP) is 3.36. The Bertz CT molecular complexity index is 819. The highest BCUT2D eigenvalue weighted by atomic mass is 35.5. The third kappa shape index (κ3) is 3.96. The number of rotatable bonds is 3. The fraction of sp³-hybridized carbons (Fsp3) is 0.474. The number of likely N-dealkylation sites (tertiary alicyclic amines) is 1. The minimum Gasteiger partial charge on any atom is -0.357 e. The fourth-order valence-corrected chi connectivity index (χ4v) is 3.74. The summed E-state index contributed by atoms with van der Waals surface area (Å²) in [6.45, 7) is 4.64. The summed E-state index contributed by atoms with van der Waals surface area (Å²) in [5.74, 6) is 0.0627. The minimum absolute atomic E-state index is 0.0385. The molecular weight excluding hydrogens is 352 g/mol. The molecule has 0 saturated carbocycles. The molecule has 0 unspecified atom stereocenters. The summed E-state index contributed by atoms with van der Waals surface area (Å²) in [6, 6.07) is 7.78. The van der Waals surface area contributed by atoms with Gasteiger partial charge in [0.2, 0.25) is 5.91 Å². The Morgan fingerprint density at radius 2 is 2.12 bits per heavy atom. The van der Waals surface area contributed by atoms with Crippen LogP contribution >= 0.6 is 11.6 Å². The first-order valence-corrected chi connectivity index (χ1v) is 9.28. The van der Waals surface area contributed by atoms with Gasteiger partial charge in [-0.15, -0.1) is 0 Å². The molecule has 1 aromatic heterocycles. The first kappa shape index (κ1) is 18.6. The summed E-state index contributed by atoms with van der Waals surface area (Å²) in [6.07, 6.45) is 1.81. The number of aromatic amines is 1. The number of piperidine rings is 1. The molecule has 1 fully saturated rings. The molecule has 2 aromatic rings. The number of amides is 3. The highest BCUT2D eigenvalue weighted by Gasteiger charge is 2.31. The van der Waals surface area contributed by atoms with Crippen molar-refractivity contribution in [2.24, 2.45) is 0 Å². The highest BCUT2D eigenvalue weighted by molar-refractivity contribution is 6.31. The number of fused-ring (bicyclic) bond motifs is 1. The molecule has 1 saturated heterocycles. The first-order chi connectivity index (χ1) is 12.3. The van der Waals surface area contributed by atoms with Gasteiger partial charge in [-0.1, -0.05) is 11.6 Å². The molecule has 26 heavy (non-hydrogen) atoms. The van der Waals surface area contributed by atoms with Crippen LogP contribution in [0.3, 0.4) is 0 Å². The molecule has 1 aliphatic heterocycles. The van der Waals surface area contributed by atoms with Crippen LogP contribution in [0.4, 0.5) is 4.79 Å². The monoisotopic (exact) mass is 376 g/mol. The van der Waals surface area contributed by atoms with E-state index in [-0.39, 0.29) is 24.0 Å². The number of hydrogen-bond acceptors (Lipinski definition) is 2. The van der Waals surface area contributed by atoms with Crippen LogP contribution in [0.1, 0.15) is 32.4 Å². The van der Waals surface area contributed by atoms with Crippen LogP contribution in [0.15, 0.2) is 24.3 Å². The number of hydrogen-bond donors (Lipinski definition) is 2. The zero-order chi connectivity index (χ0) is 18.8. The van der Waals surface area contributed by atoms with E-state index in [0.717, 1.165) is 29.4 Å². The maximum absolute atomic E-state index is 12.5. The van der Waals surface area contributed by atoms with Gasteiger partial charge in [-0.25, -0.2) is 4.79 Å². The lowest BCUT2D eigenvalue weighted by Crippen LogP contribution is -2.54. The number of H-pyrrole nitrogens is 1. The van der Waals surface area contributed by atoms with Crippen molar-refractivity contribution in [3.8, 4) is 0 Å². The predicted molar refractivity (Wildman–Crippen MR) is 103 cm³/mol. The van der Waals surface area contributed by atoms with Gasteiger partial charge in [0.15, 0.2) is 0 Å². The summed E-state index contributed by atoms with van der Waals surface area (Å²) in [7, 11) is 1.79. The summed E-state index contributed by atoms with van der Waals surface area (Å²) in [4.78, 5) is 31.1.